The Balaban J connectivity index is 1.33. The zero-order valence-electron chi connectivity index (χ0n) is 14.5. The summed E-state index contributed by atoms with van der Waals surface area (Å²) in [6, 6.07) is 9.57. The van der Waals surface area contributed by atoms with Gasteiger partial charge in [-0.3, -0.25) is 9.59 Å². The SMILES string of the molecule is O=C(CCNC(=O)c1ccsc1)Nc1cccc(-c2nnnn2C2CC2)c1. The number of carbonyl (C=O) groups excluding carboxylic acids is 2. The first-order chi connectivity index (χ1) is 13.2. The maximum atomic E-state index is 12.2. The van der Waals surface area contributed by atoms with Gasteiger partial charge in [0.05, 0.1) is 6.04 Å². The van der Waals surface area contributed by atoms with E-state index in [4.69, 9.17) is 0 Å². The summed E-state index contributed by atoms with van der Waals surface area (Å²) in [4.78, 5) is 24.0. The number of nitrogens with one attached hydrogen (secondary N) is 2. The highest BCUT2D eigenvalue weighted by molar-refractivity contribution is 7.08. The van der Waals surface area contributed by atoms with Crippen LogP contribution in [0.4, 0.5) is 5.69 Å². The lowest BCUT2D eigenvalue weighted by Gasteiger charge is -2.08. The molecule has 0 spiro atoms. The minimum atomic E-state index is -0.169. The smallest absolute Gasteiger partial charge is 0.252 e. The van der Waals surface area contributed by atoms with Crippen molar-refractivity contribution in [3.63, 3.8) is 0 Å². The Hall–Kier alpha value is -3.07. The number of aromatic nitrogens is 4. The van der Waals surface area contributed by atoms with Crippen molar-refractivity contribution in [2.24, 2.45) is 0 Å². The van der Waals surface area contributed by atoms with Gasteiger partial charge in [0.2, 0.25) is 5.91 Å². The Labute approximate surface area is 159 Å². The second-order valence-corrected chi connectivity index (χ2v) is 7.11. The van der Waals surface area contributed by atoms with Gasteiger partial charge in [-0.2, -0.15) is 11.3 Å². The number of anilines is 1. The number of tetrazole rings is 1. The van der Waals surface area contributed by atoms with Gasteiger partial charge in [0.1, 0.15) is 0 Å². The highest BCUT2D eigenvalue weighted by Crippen LogP contribution is 2.36. The molecular weight excluding hydrogens is 364 g/mol. The van der Waals surface area contributed by atoms with Crippen molar-refractivity contribution >= 4 is 28.8 Å². The highest BCUT2D eigenvalue weighted by Gasteiger charge is 2.28. The normalized spacial score (nSPS) is 13.3. The number of hydrogen-bond donors (Lipinski definition) is 2. The third-order valence-corrected chi connectivity index (χ3v) is 4.89. The molecule has 1 aliphatic carbocycles. The summed E-state index contributed by atoms with van der Waals surface area (Å²) in [6.45, 7) is 0.278. The fraction of sp³-hybridized carbons (Fsp3) is 0.278. The van der Waals surface area contributed by atoms with Crippen molar-refractivity contribution in [3.05, 3.63) is 46.7 Å². The van der Waals surface area contributed by atoms with Crippen LogP contribution in [0.1, 0.15) is 35.7 Å². The Morgan fingerprint density at radius 1 is 1.26 bits per heavy atom. The van der Waals surface area contributed by atoms with Crippen LogP contribution >= 0.6 is 11.3 Å². The van der Waals surface area contributed by atoms with Crippen molar-refractivity contribution in [2.75, 3.05) is 11.9 Å². The van der Waals surface area contributed by atoms with E-state index in [0.717, 1.165) is 18.4 Å². The summed E-state index contributed by atoms with van der Waals surface area (Å²) in [7, 11) is 0. The topological polar surface area (TPSA) is 102 Å². The van der Waals surface area contributed by atoms with Crippen LogP contribution in [0.25, 0.3) is 11.4 Å². The molecule has 0 radical (unpaired) electrons. The first kappa shape index (κ1) is 17.3. The molecular formula is C18H18N6O2S. The van der Waals surface area contributed by atoms with E-state index < -0.39 is 0 Å². The van der Waals surface area contributed by atoms with Gasteiger partial charge in [0.25, 0.3) is 5.91 Å². The Morgan fingerprint density at radius 2 is 2.15 bits per heavy atom. The maximum Gasteiger partial charge on any atom is 0.252 e. The molecule has 27 heavy (non-hydrogen) atoms. The maximum absolute atomic E-state index is 12.2. The third-order valence-electron chi connectivity index (χ3n) is 4.21. The Bertz CT molecular complexity index is 948. The molecule has 0 saturated heterocycles. The fourth-order valence-corrected chi connectivity index (χ4v) is 3.33. The number of rotatable bonds is 7. The van der Waals surface area contributed by atoms with Crippen LogP contribution in [-0.2, 0) is 4.79 Å². The summed E-state index contributed by atoms with van der Waals surface area (Å²) in [6.07, 6.45) is 2.37. The summed E-state index contributed by atoms with van der Waals surface area (Å²) in [5.41, 5.74) is 2.14. The van der Waals surface area contributed by atoms with E-state index in [1.807, 2.05) is 34.3 Å². The Morgan fingerprint density at radius 3 is 2.93 bits per heavy atom. The number of benzene rings is 1. The second-order valence-electron chi connectivity index (χ2n) is 6.33. The van der Waals surface area contributed by atoms with Crippen LogP contribution in [0.5, 0.6) is 0 Å². The van der Waals surface area contributed by atoms with Gasteiger partial charge >= 0.3 is 0 Å². The zero-order valence-corrected chi connectivity index (χ0v) is 15.3. The number of hydrogen-bond acceptors (Lipinski definition) is 6. The summed E-state index contributed by atoms with van der Waals surface area (Å²) in [5, 5.41) is 21.1. The molecule has 0 unspecified atom stereocenters. The molecule has 4 rings (SSSR count). The number of amides is 2. The molecule has 0 bridgehead atoms. The monoisotopic (exact) mass is 382 g/mol. The van der Waals surface area contributed by atoms with E-state index in [1.165, 1.54) is 11.3 Å². The van der Waals surface area contributed by atoms with E-state index in [-0.39, 0.29) is 24.8 Å². The molecule has 8 nitrogen and oxygen atoms in total. The van der Waals surface area contributed by atoms with Crippen molar-refractivity contribution in [2.45, 2.75) is 25.3 Å². The van der Waals surface area contributed by atoms with Crippen molar-refractivity contribution in [1.82, 2.24) is 25.5 Å². The largest absolute Gasteiger partial charge is 0.351 e. The van der Waals surface area contributed by atoms with Crippen molar-refractivity contribution in [3.8, 4) is 11.4 Å². The quantitative estimate of drug-likeness (QED) is 0.654. The van der Waals surface area contributed by atoms with E-state index in [9.17, 15) is 9.59 Å². The van der Waals surface area contributed by atoms with Crippen LogP contribution in [0.2, 0.25) is 0 Å². The molecule has 3 aromatic rings. The van der Waals surface area contributed by atoms with Gasteiger partial charge in [0, 0.05) is 35.2 Å². The molecule has 2 aromatic heterocycles. The van der Waals surface area contributed by atoms with E-state index in [2.05, 4.69) is 26.2 Å². The van der Waals surface area contributed by atoms with E-state index >= 15 is 0 Å². The standard InChI is InChI=1S/C18H18N6O2S/c25-16(6-8-19-18(26)13-7-9-27-11-13)20-14-3-1-2-12(10-14)17-21-22-23-24(17)15-4-5-15/h1-3,7,9-11,15H,4-6,8H2,(H,19,26)(H,20,25). The third kappa shape index (κ3) is 4.20. The second kappa shape index (κ2) is 7.67. The molecule has 2 N–H and O–H groups in total. The van der Waals surface area contributed by atoms with E-state index in [1.54, 1.807) is 11.4 Å². The van der Waals surface area contributed by atoms with Crippen molar-refractivity contribution in [1.29, 1.82) is 0 Å². The Kier molecular flexibility index (Phi) is 4.93. The van der Waals surface area contributed by atoms with Gasteiger partial charge in [-0.1, -0.05) is 12.1 Å². The van der Waals surface area contributed by atoms with Gasteiger partial charge in [-0.15, -0.1) is 5.10 Å². The lowest BCUT2D eigenvalue weighted by atomic mass is 10.2. The van der Waals surface area contributed by atoms with Crippen LogP contribution in [0, 0.1) is 0 Å². The minimum absolute atomic E-state index is 0.167. The summed E-state index contributed by atoms with van der Waals surface area (Å²) < 4.78 is 1.83. The molecule has 1 saturated carbocycles. The zero-order chi connectivity index (χ0) is 18.6. The lowest BCUT2D eigenvalue weighted by molar-refractivity contribution is -0.116. The lowest BCUT2D eigenvalue weighted by Crippen LogP contribution is -2.27. The fourth-order valence-electron chi connectivity index (χ4n) is 2.69. The average molecular weight is 382 g/mol. The van der Waals surface area contributed by atoms with E-state index in [0.29, 0.717) is 23.1 Å². The summed E-state index contributed by atoms with van der Waals surface area (Å²) >= 11 is 1.46. The molecule has 2 amide bonds. The molecule has 1 aromatic carbocycles. The summed E-state index contributed by atoms with van der Waals surface area (Å²) in [5.74, 6) is 0.370. The van der Waals surface area contributed by atoms with Crippen LogP contribution in [0.3, 0.4) is 0 Å². The first-order valence-corrected chi connectivity index (χ1v) is 9.63. The average Bonchev–Trinajstić information content (AvgIpc) is 3.17. The van der Waals surface area contributed by atoms with Crippen LogP contribution < -0.4 is 10.6 Å². The van der Waals surface area contributed by atoms with Crippen LogP contribution in [-0.4, -0.2) is 38.6 Å². The molecule has 1 fully saturated rings. The molecule has 2 heterocycles. The molecule has 138 valence electrons. The predicted octanol–water partition coefficient (Wildman–Crippen LogP) is 2.50. The molecule has 9 heteroatoms. The minimum Gasteiger partial charge on any atom is -0.351 e. The van der Waals surface area contributed by atoms with Gasteiger partial charge in [-0.05, 0) is 46.8 Å². The highest BCUT2D eigenvalue weighted by atomic mass is 32.1. The molecule has 0 aliphatic heterocycles. The molecule has 1 aliphatic rings. The number of nitrogens with zero attached hydrogens (tertiary/aromatic N) is 4. The van der Waals surface area contributed by atoms with Gasteiger partial charge in [0.15, 0.2) is 5.82 Å². The van der Waals surface area contributed by atoms with Crippen molar-refractivity contribution < 1.29 is 9.59 Å². The van der Waals surface area contributed by atoms with Gasteiger partial charge < -0.3 is 10.6 Å². The molecule has 0 atom stereocenters. The predicted molar refractivity (Wildman–Crippen MR) is 101 cm³/mol. The number of carbonyl (C=O) groups is 2. The van der Waals surface area contributed by atoms with Gasteiger partial charge in [-0.25, -0.2) is 4.68 Å². The number of thiophene rings is 1. The van der Waals surface area contributed by atoms with Crippen LogP contribution in [0.15, 0.2) is 41.1 Å². The first-order valence-electron chi connectivity index (χ1n) is 8.69.